The molecule has 3 nitrogen and oxygen atoms in total. The second kappa shape index (κ2) is 5.99. The number of benzene rings is 1. The smallest absolute Gasteiger partial charge is 0.123 e. The standard InChI is InChI=1S/C15H23FN2O/c1-11-4-5-13(16)6-12(11)8-18-10-15(19)7-14(18)9-17(2)3/h4-6,14-15,19H,7-10H2,1-3H3. The van der Waals surface area contributed by atoms with Crippen LogP contribution in [-0.4, -0.2) is 54.2 Å². The minimum atomic E-state index is -0.265. The van der Waals surface area contributed by atoms with Crippen LogP contribution in [0.1, 0.15) is 17.5 Å². The molecule has 1 heterocycles. The van der Waals surface area contributed by atoms with Crippen molar-refractivity contribution in [2.45, 2.75) is 32.0 Å². The first-order valence-electron chi connectivity index (χ1n) is 6.77. The Morgan fingerprint density at radius 1 is 1.42 bits per heavy atom. The van der Waals surface area contributed by atoms with Crippen LogP contribution in [0.2, 0.25) is 0 Å². The first-order valence-corrected chi connectivity index (χ1v) is 6.77. The summed E-state index contributed by atoms with van der Waals surface area (Å²) in [6, 6.07) is 5.26. The lowest BCUT2D eigenvalue weighted by atomic mass is 10.1. The van der Waals surface area contributed by atoms with Crippen LogP contribution in [-0.2, 0) is 6.54 Å². The van der Waals surface area contributed by atoms with Crippen LogP contribution in [0, 0.1) is 12.7 Å². The fraction of sp³-hybridized carbons (Fsp3) is 0.600. The van der Waals surface area contributed by atoms with E-state index in [1.54, 1.807) is 6.07 Å². The first kappa shape index (κ1) is 14.4. The molecule has 106 valence electrons. The van der Waals surface area contributed by atoms with Crippen molar-refractivity contribution in [3.8, 4) is 0 Å². The Kier molecular flexibility index (Phi) is 4.55. The maximum atomic E-state index is 13.3. The molecule has 0 radical (unpaired) electrons. The highest BCUT2D eigenvalue weighted by Gasteiger charge is 2.31. The second-order valence-electron chi connectivity index (χ2n) is 5.81. The van der Waals surface area contributed by atoms with Crippen molar-refractivity contribution < 1.29 is 9.50 Å². The van der Waals surface area contributed by atoms with Crippen LogP contribution in [0.15, 0.2) is 18.2 Å². The summed E-state index contributed by atoms with van der Waals surface area (Å²) in [7, 11) is 4.08. The van der Waals surface area contributed by atoms with E-state index in [2.05, 4.69) is 9.80 Å². The molecule has 4 heteroatoms. The lowest BCUT2D eigenvalue weighted by molar-refractivity contribution is 0.169. The van der Waals surface area contributed by atoms with E-state index >= 15 is 0 Å². The molecule has 1 saturated heterocycles. The Labute approximate surface area is 114 Å². The third kappa shape index (κ3) is 3.75. The highest BCUT2D eigenvalue weighted by Crippen LogP contribution is 2.22. The monoisotopic (exact) mass is 266 g/mol. The fourth-order valence-electron chi connectivity index (χ4n) is 2.79. The molecule has 1 aliphatic heterocycles. The molecule has 1 aromatic carbocycles. The van der Waals surface area contributed by atoms with E-state index < -0.39 is 0 Å². The van der Waals surface area contributed by atoms with E-state index in [-0.39, 0.29) is 11.9 Å². The average Bonchev–Trinajstić information content (AvgIpc) is 2.63. The second-order valence-corrected chi connectivity index (χ2v) is 5.81. The molecule has 1 fully saturated rings. The van der Waals surface area contributed by atoms with Crippen molar-refractivity contribution >= 4 is 0 Å². The van der Waals surface area contributed by atoms with Crippen LogP contribution in [0.3, 0.4) is 0 Å². The molecule has 2 atom stereocenters. The number of aliphatic hydroxyl groups excluding tert-OH is 1. The highest BCUT2D eigenvalue weighted by atomic mass is 19.1. The Morgan fingerprint density at radius 2 is 2.16 bits per heavy atom. The molecule has 0 bridgehead atoms. The van der Waals surface area contributed by atoms with Crippen molar-refractivity contribution in [2.24, 2.45) is 0 Å². The number of nitrogens with zero attached hydrogens (tertiary/aromatic N) is 2. The van der Waals surface area contributed by atoms with Gasteiger partial charge in [-0.15, -0.1) is 0 Å². The summed E-state index contributed by atoms with van der Waals surface area (Å²) in [5, 5.41) is 9.85. The molecule has 1 N–H and O–H groups in total. The summed E-state index contributed by atoms with van der Waals surface area (Å²) in [6.07, 6.45) is 0.533. The van der Waals surface area contributed by atoms with Crippen LogP contribution in [0.4, 0.5) is 4.39 Å². The van der Waals surface area contributed by atoms with Gasteiger partial charge < -0.3 is 10.0 Å². The summed E-state index contributed by atoms with van der Waals surface area (Å²) in [5.41, 5.74) is 2.12. The van der Waals surface area contributed by atoms with Crippen LogP contribution in [0.5, 0.6) is 0 Å². The zero-order valence-corrected chi connectivity index (χ0v) is 11.9. The molecule has 2 rings (SSSR count). The molecule has 1 aliphatic rings. The summed E-state index contributed by atoms with van der Waals surface area (Å²) in [6.45, 7) is 4.31. The minimum Gasteiger partial charge on any atom is -0.392 e. The molecule has 0 saturated carbocycles. The van der Waals surface area contributed by atoms with Crippen molar-refractivity contribution in [1.82, 2.24) is 9.80 Å². The normalized spacial score (nSPS) is 24.3. The number of hydrogen-bond donors (Lipinski definition) is 1. The van der Waals surface area contributed by atoms with Gasteiger partial charge in [-0.1, -0.05) is 6.07 Å². The minimum absolute atomic E-state index is 0.190. The first-order chi connectivity index (χ1) is 8.95. The number of β-amino-alcohol motifs (C(OH)–C–C–N with tert-alkyl or cyclic N) is 1. The quantitative estimate of drug-likeness (QED) is 0.897. The summed E-state index contributed by atoms with van der Waals surface area (Å²) >= 11 is 0. The summed E-state index contributed by atoms with van der Waals surface area (Å²) in [4.78, 5) is 4.39. The van der Waals surface area contributed by atoms with E-state index in [0.29, 0.717) is 19.1 Å². The largest absolute Gasteiger partial charge is 0.392 e. The Balaban J connectivity index is 2.09. The van der Waals surface area contributed by atoms with Gasteiger partial charge >= 0.3 is 0 Å². The molecular weight excluding hydrogens is 243 g/mol. The maximum absolute atomic E-state index is 13.3. The third-order valence-electron chi connectivity index (χ3n) is 3.77. The van der Waals surface area contributed by atoms with Crippen LogP contribution >= 0.6 is 0 Å². The molecule has 2 unspecified atom stereocenters. The maximum Gasteiger partial charge on any atom is 0.123 e. The zero-order valence-electron chi connectivity index (χ0n) is 11.9. The number of hydrogen-bond acceptors (Lipinski definition) is 3. The third-order valence-corrected chi connectivity index (χ3v) is 3.77. The van der Waals surface area contributed by atoms with E-state index in [0.717, 1.165) is 24.1 Å². The molecule has 19 heavy (non-hydrogen) atoms. The van der Waals surface area contributed by atoms with E-state index in [1.165, 1.54) is 6.07 Å². The molecule has 0 spiro atoms. The van der Waals surface area contributed by atoms with Gasteiger partial charge in [-0.05, 0) is 50.7 Å². The van der Waals surface area contributed by atoms with Crippen LogP contribution in [0.25, 0.3) is 0 Å². The molecule has 1 aromatic rings. The van der Waals surface area contributed by atoms with Crippen LogP contribution < -0.4 is 0 Å². The van der Waals surface area contributed by atoms with Crippen molar-refractivity contribution in [2.75, 3.05) is 27.2 Å². The molecular formula is C15H23FN2O. The SMILES string of the molecule is Cc1ccc(F)cc1CN1CC(O)CC1CN(C)C. The Morgan fingerprint density at radius 3 is 2.84 bits per heavy atom. The number of aliphatic hydroxyl groups is 1. The predicted molar refractivity (Wildman–Crippen MR) is 74.5 cm³/mol. The average molecular weight is 266 g/mol. The van der Waals surface area contributed by atoms with Gasteiger partial charge in [0.15, 0.2) is 0 Å². The van der Waals surface area contributed by atoms with Gasteiger partial charge in [-0.2, -0.15) is 0 Å². The van der Waals surface area contributed by atoms with Crippen molar-refractivity contribution in [3.63, 3.8) is 0 Å². The molecule has 0 aliphatic carbocycles. The topological polar surface area (TPSA) is 26.7 Å². The van der Waals surface area contributed by atoms with E-state index in [9.17, 15) is 9.50 Å². The lowest BCUT2D eigenvalue weighted by Crippen LogP contribution is -2.37. The van der Waals surface area contributed by atoms with E-state index in [1.807, 2.05) is 27.1 Å². The number of likely N-dealkylation sites (tertiary alicyclic amines) is 1. The summed E-state index contributed by atoms with van der Waals surface area (Å²) in [5.74, 6) is -0.190. The van der Waals surface area contributed by atoms with Crippen molar-refractivity contribution in [1.29, 1.82) is 0 Å². The fourth-order valence-corrected chi connectivity index (χ4v) is 2.79. The van der Waals surface area contributed by atoms with Gasteiger partial charge in [0.05, 0.1) is 6.10 Å². The number of rotatable bonds is 4. The van der Waals surface area contributed by atoms with Gasteiger partial charge in [0.2, 0.25) is 0 Å². The number of halogens is 1. The van der Waals surface area contributed by atoms with Gasteiger partial charge in [0.25, 0.3) is 0 Å². The van der Waals surface area contributed by atoms with Gasteiger partial charge in [-0.25, -0.2) is 4.39 Å². The molecule has 0 aromatic heterocycles. The summed E-state index contributed by atoms with van der Waals surface area (Å²) < 4.78 is 13.3. The lowest BCUT2D eigenvalue weighted by Gasteiger charge is -2.27. The number of likely N-dealkylation sites (N-methyl/N-ethyl adjacent to an activating group) is 1. The zero-order chi connectivity index (χ0) is 14.0. The van der Waals surface area contributed by atoms with Gasteiger partial charge in [0, 0.05) is 25.7 Å². The molecule has 0 amide bonds. The Bertz CT molecular complexity index is 436. The van der Waals surface area contributed by atoms with Gasteiger partial charge in [-0.3, -0.25) is 4.90 Å². The van der Waals surface area contributed by atoms with Gasteiger partial charge in [0.1, 0.15) is 5.82 Å². The Hall–Kier alpha value is -0.970. The number of aryl methyl sites for hydroxylation is 1. The van der Waals surface area contributed by atoms with Crippen molar-refractivity contribution in [3.05, 3.63) is 35.1 Å². The highest BCUT2D eigenvalue weighted by molar-refractivity contribution is 5.26. The predicted octanol–water partition coefficient (Wildman–Crippen LogP) is 1.63. The van der Waals surface area contributed by atoms with E-state index in [4.69, 9.17) is 0 Å².